The highest BCUT2D eigenvalue weighted by Crippen LogP contribution is 2.30. The molecule has 7 nitrogen and oxygen atoms in total. The third kappa shape index (κ3) is 6.40. The van der Waals surface area contributed by atoms with Crippen LogP contribution >= 0.6 is 11.6 Å². The van der Waals surface area contributed by atoms with Crippen molar-refractivity contribution >= 4 is 29.4 Å². The van der Waals surface area contributed by atoms with Gasteiger partial charge >= 0.3 is 12.1 Å². The summed E-state index contributed by atoms with van der Waals surface area (Å²) in [6, 6.07) is 25.2. The van der Waals surface area contributed by atoms with Gasteiger partial charge in [0.25, 0.3) is 0 Å². The number of carbonyl (C=O) groups is 2. The molecule has 36 heavy (non-hydrogen) atoms. The number of aliphatic carboxylic acids is 1. The van der Waals surface area contributed by atoms with Crippen LogP contribution < -0.4 is 10.1 Å². The van der Waals surface area contributed by atoms with Gasteiger partial charge in [0, 0.05) is 16.8 Å². The Kier molecular flexibility index (Phi) is 7.82. The molecule has 2 N–H and O–H groups in total. The second-order valence-corrected chi connectivity index (χ2v) is 8.35. The largest absolute Gasteiger partial charge is 0.481 e. The number of hydrogen-bond donors (Lipinski definition) is 2. The van der Waals surface area contributed by atoms with Gasteiger partial charge in [0.1, 0.15) is 17.5 Å². The molecule has 4 rings (SSSR count). The van der Waals surface area contributed by atoms with E-state index in [9.17, 15) is 9.59 Å². The monoisotopic (exact) mass is 502 g/mol. The van der Waals surface area contributed by atoms with E-state index in [1.54, 1.807) is 61.7 Å². The molecule has 0 fully saturated rings. The van der Waals surface area contributed by atoms with Crippen LogP contribution in [0.25, 0.3) is 11.1 Å². The molecule has 0 spiro atoms. The molecule has 182 valence electrons. The topological polar surface area (TPSA) is 97.8 Å². The molecule has 0 aliphatic carbocycles. The van der Waals surface area contributed by atoms with Crippen LogP contribution in [-0.2, 0) is 16.0 Å². The quantitative estimate of drug-likeness (QED) is 0.266. The van der Waals surface area contributed by atoms with Crippen molar-refractivity contribution in [3.8, 4) is 22.8 Å². The summed E-state index contributed by atoms with van der Waals surface area (Å²) in [4.78, 5) is 27.6. The number of hydrogen-bond acceptors (Lipinski definition) is 5. The van der Waals surface area contributed by atoms with Crippen molar-refractivity contribution in [1.29, 1.82) is 0 Å². The fourth-order valence-electron chi connectivity index (χ4n) is 3.55. The molecule has 3 aromatic carbocycles. The van der Waals surface area contributed by atoms with Crippen LogP contribution in [0.1, 0.15) is 24.2 Å². The molecule has 1 aromatic heterocycles. The van der Waals surface area contributed by atoms with E-state index in [1.165, 1.54) is 0 Å². The highest BCUT2D eigenvalue weighted by Gasteiger charge is 2.16. The third-order valence-corrected chi connectivity index (χ3v) is 5.69. The van der Waals surface area contributed by atoms with Gasteiger partial charge in [-0.2, -0.15) is 0 Å². The lowest BCUT2D eigenvalue weighted by Gasteiger charge is -2.16. The number of benzene rings is 3. The lowest BCUT2D eigenvalue weighted by Crippen LogP contribution is -2.16. The van der Waals surface area contributed by atoms with Crippen molar-refractivity contribution in [3.05, 3.63) is 107 Å². The number of carbonyl (C=O) groups excluding carboxylic acids is 1. The summed E-state index contributed by atoms with van der Waals surface area (Å²) in [5, 5.41) is 12.1. The van der Waals surface area contributed by atoms with Gasteiger partial charge in [-0.1, -0.05) is 66.2 Å². The Morgan fingerprint density at radius 1 is 0.944 bits per heavy atom. The molecule has 0 bridgehead atoms. The molecule has 0 saturated carbocycles. The lowest BCUT2D eigenvalue weighted by atomic mass is 10.0. The minimum absolute atomic E-state index is 0.0139. The van der Waals surface area contributed by atoms with E-state index in [0.717, 1.165) is 16.7 Å². The Balaban J connectivity index is 1.41. The van der Waals surface area contributed by atoms with Crippen LogP contribution in [0.2, 0.25) is 5.02 Å². The molecule has 0 radical (unpaired) electrons. The molecule has 1 amide bonds. The maximum atomic E-state index is 12.5. The summed E-state index contributed by atoms with van der Waals surface area (Å²) in [5.74, 6) is -0.123. The number of anilines is 1. The average Bonchev–Trinajstić information content (AvgIpc) is 2.86. The molecule has 8 heteroatoms. The van der Waals surface area contributed by atoms with Crippen molar-refractivity contribution in [3.63, 3.8) is 0 Å². The predicted molar refractivity (Wildman–Crippen MR) is 137 cm³/mol. The first-order valence-electron chi connectivity index (χ1n) is 11.1. The number of carboxylic acids is 1. The minimum atomic E-state index is -0.865. The van der Waals surface area contributed by atoms with Crippen LogP contribution in [0.3, 0.4) is 0 Å². The Morgan fingerprint density at radius 2 is 1.61 bits per heavy atom. The van der Waals surface area contributed by atoms with Gasteiger partial charge in [0.15, 0.2) is 0 Å². The van der Waals surface area contributed by atoms with E-state index in [-0.39, 0.29) is 12.3 Å². The van der Waals surface area contributed by atoms with E-state index in [1.807, 2.05) is 36.4 Å². The summed E-state index contributed by atoms with van der Waals surface area (Å²) in [7, 11) is 0. The molecule has 4 aromatic rings. The van der Waals surface area contributed by atoms with Gasteiger partial charge in [-0.05, 0) is 53.9 Å². The zero-order valence-corrected chi connectivity index (χ0v) is 20.1. The SMILES string of the molecule is C[C@@H](OC(=O)Nc1cccnc1Oc1ccc(-c2ccc(CC(=O)O)cc2)cc1)c1ccccc1Cl. The fourth-order valence-corrected chi connectivity index (χ4v) is 3.84. The van der Waals surface area contributed by atoms with Crippen molar-refractivity contribution < 1.29 is 24.2 Å². The van der Waals surface area contributed by atoms with E-state index in [0.29, 0.717) is 22.0 Å². The van der Waals surface area contributed by atoms with Gasteiger partial charge in [-0.15, -0.1) is 0 Å². The fraction of sp³-hybridized carbons (Fsp3) is 0.107. The number of rotatable bonds is 8. The first-order chi connectivity index (χ1) is 17.4. The standard InChI is InChI=1S/C28H23ClN2O5/c1-18(23-5-2-3-6-24(23)29)35-28(34)31-25-7-4-16-30-27(25)36-22-14-12-21(13-15-22)20-10-8-19(9-11-20)17-26(32)33/h2-16,18H,17H2,1H3,(H,31,34)(H,32,33)/t18-/m1/s1. The third-order valence-electron chi connectivity index (χ3n) is 5.35. The number of nitrogens with zero attached hydrogens (tertiary/aromatic N) is 1. The number of aromatic nitrogens is 1. The number of ether oxygens (including phenoxy) is 2. The van der Waals surface area contributed by atoms with Crippen LogP contribution in [0.15, 0.2) is 91.1 Å². The molecule has 0 unspecified atom stereocenters. The molecular formula is C28H23ClN2O5. The van der Waals surface area contributed by atoms with Crippen molar-refractivity contribution in [1.82, 2.24) is 4.98 Å². The van der Waals surface area contributed by atoms with Gasteiger partial charge in [-0.3, -0.25) is 10.1 Å². The maximum absolute atomic E-state index is 12.5. The van der Waals surface area contributed by atoms with Crippen LogP contribution in [0.5, 0.6) is 11.6 Å². The average molecular weight is 503 g/mol. The molecule has 1 atom stereocenters. The van der Waals surface area contributed by atoms with Gasteiger partial charge in [0.05, 0.1) is 6.42 Å². The number of pyridine rings is 1. The zero-order chi connectivity index (χ0) is 25.5. The molecular weight excluding hydrogens is 480 g/mol. The normalized spacial score (nSPS) is 11.4. The van der Waals surface area contributed by atoms with E-state index in [4.69, 9.17) is 26.2 Å². The van der Waals surface area contributed by atoms with Crippen LogP contribution in [0.4, 0.5) is 10.5 Å². The van der Waals surface area contributed by atoms with Crippen LogP contribution in [0, 0.1) is 0 Å². The minimum Gasteiger partial charge on any atom is -0.481 e. The Labute approximate surface area is 213 Å². The first-order valence-corrected chi connectivity index (χ1v) is 11.5. The second kappa shape index (κ2) is 11.4. The maximum Gasteiger partial charge on any atom is 0.412 e. The molecule has 0 saturated heterocycles. The zero-order valence-electron chi connectivity index (χ0n) is 19.4. The van der Waals surface area contributed by atoms with Crippen molar-refractivity contribution in [2.75, 3.05) is 5.32 Å². The van der Waals surface area contributed by atoms with Crippen molar-refractivity contribution in [2.45, 2.75) is 19.4 Å². The summed E-state index contributed by atoms with van der Waals surface area (Å²) in [5.41, 5.74) is 3.69. The number of nitrogens with one attached hydrogen (secondary N) is 1. The lowest BCUT2D eigenvalue weighted by molar-refractivity contribution is -0.136. The predicted octanol–water partition coefficient (Wildman–Crippen LogP) is 7.13. The highest BCUT2D eigenvalue weighted by molar-refractivity contribution is 6.31. The second-order valence-electron chi connectivity index (χ2n) is 7.94. The summed E-state index contributed by atoms with van der Waals surface area (Å²) in [6.45, 7) is 1.74. The van der Waals surface area contributed by atoms with Gasteiger partial charge < -0.3 is 14.6 Å². The Hall–Kier alpha value is -4.36. The number of halogens is 1. The van der Waals surface area contributed by atoms with Gasteiger partial charge in [0.2, 0.25) is 5.88 Å². The number of amides is 1. The smallest absolute Gasteiger partial charge is 0.412 e. The summed E-state index contributed by atoms with van der Waals surface area (Å²) in [6.07, 6.45) is 0.332. The summed E-state index contributed by atoms with van der Waals surface area (Å²) < 4.78 is 11.4. The molecule has 0 aliphatic rings. The Morgan fingerprint density at radius 3 is 2.28 bits per heavy atom. The van der Waals surface area contributed by atoms with Crippen LogP contribution in [-0.4, -0.2) is 22.2 Å². The summed E-state index contributed by atoms with van der Waals surface area (Å²) >= 11 is 6.19. The molecule has 0 aliphatic heterocycles. The van der Waals surface area contributed by atoms with E-state index < -0.39 is 18.2 Å². The van der Waals surface area contributed by atoms with Crippen molar-refractivity contribution in [2.24, 2.45) is 0 Å². The molecule has 1 heterocycles. The Bertz CT molecular complexity index is 1360. The van der Waals surface area contributed by atoms with E-state index >= 15 is 0 Å². The number of carboxylic acid groups (broad SMARTS) is 1. The first kappa shape index (κ1) is 24.8. The highest BCUT2D eigenvalue weighted by atomic mass is 35.5. The van der Waals surface area contributed by atoms with E-state index in [2.05, 4.69) is 10.3 Å². The van der Waals surface area contributed by atoms with Gasteiger partial charge in [-0.25, -0.2) is 9.78 Å².